The molecule has 1 atom stereocenters. The number of hydrogen-bond acceptors (Lipinski definition) is 5. The van der Waals surface area contributed by atoms with Gasteiger partial charge in [-0.25, -0.2) is 4.98 Å². The van der Waals surface area contributed by atoms with Crippen molar-refractivity contribution >= 4 is 22.7 Å². The van der Waals surface area contributed by atoms with Crippen LogP contribution < -0.4 is 0 Å². The summed E-state index contributed by atoms with van der Waals surface area (Å²) in [6, 6.07) is 3.02. The third-order valence-electron chi connectivity index (χ3n) is 3.99. The third kappa shape index (κ3) is 5.37. The standard InChI is InChI=1S/C19H23F3N2O2S/c1-4-5-12(2)24-16-13(3)14(18-23-8-11-27-18)6-7-15(16)17(19(20,21)22)26-10-9-25/h6-8,11,17,25H,4-5,9-10H2,1-3H3/b24-12-. The molecule has 0 aliphatic rings. The molecule has 0 amide bonds. The van der Waals surface area contributed by atoms with Crippen molar-refractivity contribution in [1.82, 2.24) is 4.98 Å². The number of benzene rings is 1. The molecule has 2 aromatic rings. The number of aliphatic hydroxyl groups excluding tert-OH is 1. The minimum Gasteiger partial charge on any atom is -0.394 e. The van der Waals surface area contributed by atoms with E-state index in [2.05, 4.69) is 9.98 Å². The molecule has 8 heteroatoms. The van der Waals surface area contributed by atoms with Gasteiger partial charge < -0.3 is 9.84 Å². The Labute approximate surface area is 160 Å². The van der Waals surface area contributed by atoms with Crippen LogP contribution in [0.4, 0.5) is 18.9 Å². The van der Waals surface area contributed by atoms with Gasteiger partial charge in [-0.05, 0) is 25.8 Å². The summed E-state index contributed by atoms with van der Waals surface area (Å²) in [5.74, 6) is 0. The molecule has 27 heavy (non-hydrogen) atoms. The fourth-order valence-corrected chi connectivity index (χ4v) is 3.53. The van der Waals surface area contributed by atoms with Gasteiger partial charge in [0.1, 0.15) is 5.01 Å². The molecule has 1 unspecified atom stereocenters. The van der Waals surface area contributed by atoms with Gasteiger partial charge in [-0.3, -0.25) is 4.99 Å². The Kier molecular flexibility index (Phi) is 7.52. The van der Waals surface area contributed by atoms with Gasteiger partial charge in [-0.15, -0.1) is 11.3 Å². The van der Waals surface area contributed by atoms with Crippen molar-refractivity contribution in [3.63, 3.8) is 0 Å². The highest BCUT2D eigenvalue weighted by atomic mass is 32.1. The first-order valence-corrected chi connectivity index (χ1v) is 9.54. The average Bonchev–Trinajstić information content (AvgIpc) is 3.11. The molecule has 1 aromatic heterocycles. The maximum atomic E-state index is 13.6. The highest BCUT2D eigenvalue weighted by Crippen LogP contribution is 2.44. The molecule has 0 fully saturated rings. The van der Waals surface area contributed by atoms with E-state index in [0.29, 0.717) is 12.0 Å². The van der Waals surface area contributed by atoms with Gasteiger partial charge in [0.15, 0.2) is 6.10 Å². The minimum atomic E-state index is -4.62. The Morgan fingerprint density at radius 3 is 2.67 bits per heavy atom. The monoisotopic (exact) mass is 400 g/mol. The molecule has 0 aliphatic heterocycles. The van der Waals surface area contributed by atoms with Crippen molar-refractivity contribution in [3.05, 3.63) is 34.8 Å². The van der Waals surface area contributed by atoms with Gasteiger partial charge in [-0.1, -0.05) is 25.5 Å². The van der Waals surface area contributed by atoms with Crippen molar-refractivity contribution in [3.8, 4) is 10.6 Å². The summed E-state index contributed by atoms with van der Waals surface area (Å²) in [7, 11) is 0. The van der Waals surface area contributed by atoms with Gasteiger partial charge in [-0.2, -0.15) is 13.2 Å². The number of rotatable bonds is 8. The summed E-state index contributed by atoms with van der Waals surface area (Å²) in [4.78, 5) is 8.77. The fraction of sp³-hybridized carbons (Fsp3) is 0.474. The van der Waals surface area contributed by atoms with Crippen LogP contribution in [0.15, 0.2) is 28.7 Å². The van der Waals surface area contributed by atoms with Crippen LogP contribution in [-0.4, -0.2) is 35.2 Å². The largest absolute Gasteiger partial charge is 0.418 e. The Morgan fingerprint density at radius 2 is 2.11 bits per heavy atom. The molecule has 0 saturated carbocycles. The van der Waals surface area contributed by atoms with E-state index in [1.165, 1.54) is 17.4 Å². The van der Waals surface area contributed by atoms with Crippen molar-refractivity contribution in [1.29, 1.82) is 0 Å². The lowest BCUT2D eigenvalue weighted by Crippen LogP contribution is -2.25. The molecule has 1 N–H and O–H groups in total. The highest BCUT2D eigenvalue weighted by Gasteiger charge is 2.43. The Balaban J connectivity index is 2.64. The molecular formula is C19H23F3N2O2S. The van der Waals surface area contributed by atoms with E-state index in [4.69, 9.17) is 9.84 Å². The first-order valence-electron chi connectivity index (χ1n) is 8.66. The number of thiazole rings is 1. The number of ether oxygens (including phenoxy) is 1. The predicted octanol–water partition coefficient (Wildman–Crippen LogP) is 5.62. The lowest BCUT2D eigenvalue weighted by Gasteiger charge is -2.24. The van der Waals surface area contributed by atoms with Crippen molar-refractivity contribution < 1.29 is 23.0 Å². The number of aromatic nitrogens is 1. The number of nitrogens with zero attached hydrogens (tertiary/aromatic N) is 2. The van der Waals surface area contributed by atoms with Crippen molar-refractivity contribution in [2.24, 2.45) is 4.99 Å². The second-order valence-electron chi connectivity index (χ2n) is 6.13. The van der Waals surface area contributed by atoms with Gasteiger partial charge in [0.05, 0.1) is 18.9 Å². The van der Waals surface area contributed by atoms with Crippen molar-refractivity contribution in [2.75, 3.05) is 13.2 Å². The number of halogens is 3. The van der Waals surface area contributed by atoms with E-state index in [-0.39, 0.29) is 11.3 Å². The van der Waals surface area contributed by atoms with Gasteiger partial charge >= 0.3 is 6.18 Å². The summed E-state index contributed by atoms with van der Waals surface area (Å²) in [5.41, 5.74) is 2.33. The van der Waals surface area contributed by atoms with Crippen LogP contribution in [0.2, 0.25) is 0 Å². The molecule has 0 bridgehead atoms. The van der Waals surface area contributed by atoms with E-state index in [9.17, 15) is 13.2 Å². The van der Waals surface area contributed by atoms with Gasteiger partial charge in [0.25, 0.3) is 0 Å². The Morgan fingerprint density at radius 1 is 1.37 bits per heavy atom. The zero-order chi connectivity index (χ0) is 20.0. The smallest absolute Gasteiger partial charge is 0.394 e. The molecular weight excluding hydrogens is 377 g/mol. The lowest BCUT2D eigenvalue weighted by molar-refractivity contribution is -0.225. The van der Waals surface area contributed by atoms with Crippen LogP contribution >= 0.6 is 11.3 Å². The molecule has 2 rings (SSSR count). The van der Waals surface area contributed by atoms with E-state index in [1.807, 2.05) is 12.3 Å². The van der Waals surface area contributed by atoms with E-state index >= 15 is 0 Å². The Hall–Kier alpha value is -1.77. The first-order chi connectivity index (χ1) is 12.8. The number of aliphatic imine (C=N–C) groups is 1. The van der Waals surface area contributed by atoms with E-state index < -0.39 is 25.5 Å². The van der Waals surface area contributed by atoms with Crippen molar-refractivity contribution in [2.45, 2.75) is 45.9 Å². The summed E-state index contributed by atoms with van der Waals surface area (Å²) < 4.78 is 45.9. The molecule has 1 aromatic carbocycles. The van der Waals surface area contributed by atoms with E-state index in [0.717, 1.165) is 22.7 Å². The minimum absolute atomic E-state index is 0.0517. The molecule has 0 saturated heterocycles. The molecule has 1 heterocycles. The molecule has 0 spiro atoms. The quantitative estimate of drug-likeness (QED) is 0.585. The summed E-state index contributed by atoms with van der Waals surface area (Å²) in [6.45, 7) is 4.64. The maximum absolute atomic E-state index is 13.6. The predicted molar refractivity (Wildman–Crippen MR) is 102 cm³/mol. The topological polar surface area (TPSA) is 54.7 Å². The summed E-state index contributed by atoms with van der Waals surface area (Å²) in [6.07, 6.45) is -3.58. The first kappa shape index (κ1) is 21.5. The van der Waals surface area contributed by atoms with Gasteiger partial charge in [0.2, 0.25) is 0 Å². The van der Waals surface area contributed by atoms with Crippen LogP contribution in [0.5, 0.6) is 0 Å². The second kappa shape index (κ2) is 9.43. The van der Waals surface area contributed by atoms with Crippen LogP contribution in [0.3, 0.4) is 0 Å². The maximum Gasteiger partial charge on any atom is 0.418 e. The zero-order valence-electron chi connectivity index (χ0n) is 15.5. The van der Waals surface area contributed by atoms with Crippen LogP contribution in [0, 0.1) is 6.92 Å². The lowest BCUT2D eigenvalue weighted by atomic mass is 9.98. The zero-order valence-corrected chi connectivity index (χ0v) is 16.3. The summed E-state index contributed by atoms with van der Waals surface area (Å²) >= 11 is 1.42. The summed E-state index contributed by atoms with van der Waals surface area (Å²) in [5, 5.41) is 11.5. The fourth-order valence-electron chi connectivity index (χ4n) is 2.81. The highest BCUT2D eigenvalue weighted by molar-refractivity contribution is 7.13. The Bertz CT molecular complexity index is 774. The molecule has 148 valence electrons. The third-order valence-corrected chi connectivity index (χ3v) is 4.80. The van der Waals surface area contributed by atoms with Crippen LogP contribution in [0.25, 0.3) is 10.6 Å². The number of aliphatic hydroxyl groups is 1. The van der Waals surface area contributed by atoms with Crippen LogP contribution in [-0.2, 0) is 4.74 Å². The SMILES string of the molecule is CCC/C(C)=N\c1c(C(OCCO)C(F)(F)F)ccc(-c2nccs2)c1C. The second-order valence-corrected chi connectivity index (χ2v) is 7.02. The van der Waals surface area contributed by atoms with Crippen LogP contribution in [0.1, 0.15) is 43.9 Å². The molecule has 4 nitrogen and oxygen atoms in total. The molecule has 0 aliphatic carbocycles. The normalized spacial score (nSPS) is 13.8. The van der Waals surface area contributed by atoms with Gasteiger partial charge in [0, 0.05) is 28.4 Å². The molecule has 0 radical (unpaired) electrons. The number of hydrogen-bond donors (Lipinski definition) is 1. The number of alkyl halides is 3. The van der Waals surface area contributed by atoms with E-state index in [1.54, 1.807) is 26.1 Å². The average molecular weight is 400 g/mol.